The molecule has 0 aromatic heterocycles. The largest absolute Gasteiger partial charge is 0.312 e. The van der Waals surface area contributed by atoms with Crippen LogP contribution in [0.5, 0.6) is 0 Å². The summed E-state index contributed by atoms with van der Waals surface area (Å²) in [5.74, 6) is -1.87. The standard InChI is InChI=1S/C22H26N4O4/c27-17-5-4-16(19(28)25-17)26-20(29)15-3-1-2-13(18(15)21(26)30)10-23-11-14-6-7-22(8-9-22)12-24-14/h1-3,14,16,23-24H,4-12H2,(H,25,27,28). The molecule has 4 amide bonds. The molecule has 2 unspecified atom stereocenters. The first-order valence-electron chi connectivity index (χ1n) is 10.8. The number of hydrogen-bond acceptors (Lipinski definition) is 6. The quantitative estimate of drug-likeness (QED) is 0.617. The van der Waals surface area contributed by atoms with Gasteiger partial charge in [0, 0.05) is 32.1 Å². The Morgan fingerprint density at radius 3 is 2.60 bits per heavy atom. The predicted molar refractivity (Wildman–Crippen MR) is 108 cm³/mol. The van der Waals surface area contributed by atoms with Crippen LogP contribution >= 0.6 is 0 Å². The maximum atomic E-state index is 13.1. The van der Waals surface area contributed by atoms with E-state index in [1.165, 1.54) is 19.3 Å². The number of carbonyl (C=O) groups is 4. The first-order valence-corrected chi connectivity index (χ1v) is 10.8. The molecule has 1 aromatic rings. The minimum Gasteiger partial charge on any atom is -0.312 e. The average Bonchev–Trinajstić information content (AvgIpc) is 3.44. The number of amides is 4. The van der Waals surface area contributed by atoms with Crippen molar-refractivity contribution < 1.29 is 19.2 Å². The number of fused-ring (bicyclic) bond motifs is 1. The van der Waals surface area contributed by atoms with Crippen molar-refractivity contribution in [1.82, 2.24) is 20.9 Å². The fraction of sp³-hybridized carbons (Fsp3) is 0.545. The predicted octanol–water partition coefficient (Wildman–Crippen LogP) is 0.710. The summed E-state index contributed by atoms with van der Waals surface area (Å²) in [5, 5.41) is 9.27. The van der Waals surface area contributed by atoms with Gasteiger partial charge >= 0.3 is 0 Å². The van der Waals surface area contributed by atoms with Crippen molar-refractivity contribution in [3.05, 3.63) is 34.9 Å². The number of nitrogens with zero attached hydrogens (tertiary/aromatic N) is 1. The van der Waals surface area contributed by atoms with Crippen LogP contribution in [0, 0.1) is 5.41 Å². The van der Waals surface area contributed by atoms with E-state index in [1.807, 2.05) is 6.07 Å². The number of benzene rings is 1. The zero-order valence-corrected chi connectivity index (χ0v) is 16.8. The van der Waals surface area contributed by atoms with Gasteiger partial charge in [0.1, 0.15) is 6.04 Å². The van der Waals surface area contributed by atoms with Crippen molar-refractivity contribution in [1.29, 1.82) is 0 Å². The molecule has 3 aliphatic heterocycles. The molecular weight excluding hydrogens is 384 g/mol. The third-order valence-electron chi connectivity index (χ3n) is 7.01. The Balaban J connectivity index is 1.26. The van der Waals surface area contributed by atoms with Crippen LogP contribution in [-0.2, 0) is 16.1 Å². The summed E-state index contributed by atoms with van der Waals surface area (Å²) in [6.45, 7) is 2.38. The zero-order valence-electron chi connectivity index (χ0n) is 16.8. The van der Waals surface area contributed by atoms with Crippen LogP contribution < -0.4 is 16.0 Å². The molecule has 0 bridgehead atoms. The second-order valence-electron chi connectivity index (χ2n) is 9.03. The average molecular weight is 410 g/mol. The van der Waals surface area contributed by atoms with E-state index in [9.17, 15) is 19.2 Å². The van der Waals surface area contributed by atoms with E-state index >= 15 is 0 Å². The van der Waals surface area contributed by atoms with Gasteiger partial charge in [-0.25, -0.2) is 0 Å². The number of piperidine rings is 2. The van der Waals surface area contributed by atoms with Crippen LogP contribution in [0.3, 0.4) is 0 Å². The molecule has 2 saturated heterocycles. The molecule has 158 valence electrons. The lowest BCUT2D eigenvalue weighted by molar-refractivity contribution is -0.136. The fourth-order valence-electron chi connectivity index (χ4n) is 4.92. The van der Waals surface area contributed by atoms with Gasteiger partial charge in [-0.1, -0.05) is 12.1 Å². The topological polar surface area (TPSA) is 108 Å². The van der Waals surface area contributed by atoms with Crippen molar-refractivity contribution >= 4 is 23.6 Å². The molecule has 1 saturated carbocycles. The molecule has 30 heavy (non-hydrogen) atoms. The molecule has 2 atom stereocenters. The molecule has 4 aliphatic rings. The van der Waals surface area contributed by atoms with Crippen molar-refractivity contribution in [3.8, 4) is 0 Å². The van der Waals surface area contributed by atoms with Crippen molar-refractivity contribution in [2.24, 2.45) is 5.41 Å². The van der Waals surface area contributed by atoms with Gasteiger partial charge in [0.25, 0.3) is 11.8 Å². The van der Waals surface area contributed by atoms with Crippen LogP contribution in [0.4, 0.5) is 0 Å². The van der Waals surface area contributed by atoms with E-state index in [2.05, 4.69) is 16.0 Å². The van der Waals surface area contributed by atoms with Crippen LogP contribution in [0.25, 0.3) is 0 Å². The summed E-state index contributed by atoms with van der Waals surface area (Å²) in [7, 11) is 0. The summed E-state index contributed by atoms with van der Waals surface area (Å²) in [6.07, 6.45) is 5.40. The summed E-state index contributed by atoms with van der Waals surface area (Å²) in [4.78, 5) is 50.6. The summed E-state index contributed by atoms with van der Waals surface area (Å²) in [5.41, 5.74) is 2.03. The normalized spacial score (nSPS) is 27.4. The minimum atomic E-state index is -0.933. The van der Waals surface area contributed by atoms with Crippen LogP contribution in [0.1, 0.15) is 64.8 Å². The van der Waals surface area contributed by atoms with Crippen molar-refractivity contribution in [3.63, 3.8) is 0 Å². The van der Waals surface area contributed by atoms with Crippen molar-refractivity contribution in [2.75, 3.05) is 13.1 Å². The Labute approximate surface area is 174 Å². The van der Waals surface area contributed by atoms with Gasteiger partial charge in [-0.15, -0.1) is 0 Å². The Hall–Kier alpha value is -2.58. The molecule has 3 fully saturated rings. The van der Waals surface area contributed by atoms with E-state index < -0.39 is 23.8 Å². The summed E-state index contributed by atoms with van der Waals surface area (Å²) >= 11 is 0. The highest BCUT2D eigenvalue weighted by Gasteiger charge is 2.46. The molecule has 3 heterocycles. The Bertz CT molecular complexity index is 929. The molecule has 1 spiro atoms. The number of rotatable bonds is 5. The number of hydrogen-bond donors (Lipinski definition) is 3. The highest BCUT2D eigenvalue weighted by atomic mass is 16.2. The van der Waals surface area contributed by atoms with E-state index in [1.54, 1.807) is 12.1 Å². The third-order valence-corrected chi connectivity index (χ3v) is 7.01. The zero-order chi connectivity index (χ0) is 20.9. The van der Waals surface area contributed by atoms with Gasteiger partial charge in [0.05, 0.1) is 11.1 Å². The van der Waals surface area contributed by atoms with Gasteiger partial charge in [-0.05, 0) is 49.1 Å². The highest BCUT2D eigenvalue weighted by molar-refractivity contribution is 6.24. The lowest BCUT2D eigenvalue weighted by Crippen LogP contribution is -2.54. The first kappa shape index (κ1) is 19.4. The lowest BCUT2D eigenvalue weighted by Gasteiger charge is -2.30. The fourth-order valence-corrected chi connectivity index (χ4v) is 4.92. The van der Waals surface area contributed by atoms with E-state index in [-0.39, 0.29) is 18.7 Å². The number of imide groups is 2. The lowest BCUT2D eigenvalue weighted by atomic mass is 9.92. The summed E-state index contributed by atoms with van der Waals surface area (Å²) < 4.78 is 0. The van der Waals surface area contributed by atoms with E-state index in [0.29, 0.717) is 29.1 Å². The molecule has 5 rings (SSSR count). The van der Waals surface area contributed by atoms with Gasteiger partial charge in [-0.3, -0.25) is 29.4 Å². The monoisotopic (exact) mass is 410 g/mol. The Morgan fingerprint density at radius 2 is 1.90 bits per heavy atom. The molecule has 8 nitrogen and oxygen atoms in total. The SMILES string of the molecule is O=C1CCC(N2C(=O)c3cccc(CNCC4CCC5(CC5)CN4)c3C2=O)C(=O)N1. The van der Waals surface area contributed by atoms with E-state index in [0.717, 1.165) is 30.0 Å². The molecule has 8 heteroatoms. The third kappa shape index (κ3) is 3.33. The van der Waals surface area contributed by atoms with Crippen molar-refractivity contribution in [2.45, 2.75) is 57.2 Å². The van der Waals surface area contributed by atoms with Gasteiger partial charge in [0.2, 0.25) is 11.8 Å². The molecule has 3 N–H and O–H groups in total. The second kappa shape index (κ2) is 7.28. The smallest absolute Gasteiger partial charge is 0.262 e. The minimum absolute atomic E-state index is 0.119. The van der Waals surface area contributed by atoms with Crippen LogP contribution in [-0.4, -0.2) is 53.7 Å². The molecular formula is C22H26N4O4. The van der Waals surface area contributed by atoms with Crippen LogP contribution in [0.15, 0.2) is 18.2 Å². The maximum absolute atomic E-state index is 13.1. The molecule has 1 aromatic carbocycles. The van der Waals surface area contributed by atoms with Gasteiger partial charge in [0.15, 0.2) is 0 Å². The van der Waals surface area contributed by atoms with E-state index in [4.69, 9.17) is 0 Å². The number of carbonyl (C=O) groups excluding carboxylic acids is 4. The second-order valence-corrected chi connectivity index (χ2v) is 9.03. The Morgan fingerprint density at radius 1 is 1.07 bits per heavy atom. The molecule has 0 radical (unpaired) electrons. The highest BCUT2D eigenvalue weighted by Crippen LogP contribution is 2.50. The van der Waals surface area contributed by atoms with Crippen LogP contribution in [0.2, 0.25) is 0 Å². The first-order chi connectivity index (χ1) is 14.5. The molecule has 1 aliphatic carbocycles. The number of nitrogens with one attached hydrogen (secondary N) is 3. The Kier molecular flexibility index (Phi) is 4.71. The maximum Gasteiger partial charge on any atom is 0.262 e. The van der Waals surface area contributed by atoms with Gasteiger partial charge < -0.3 is 10.6 Å². The summed E-state index contributed by atoms with van der Waals surface area (Å²) in [6, 6.07) is 4.73. The van der Waals surface area contributed by atoms with Gasteiger partial charge in [-0.2, -0.15) is 0 Å².